The second kappa shape index (κ2) is 13.0. The minimum atomic E-state index is -0.787. The SMILES string of the molecule is CCOc1cc(/C=C2/C(=O)NC(=O)N(c3cccc(C)c3)C2=O)ccc1OCCOc1ccc([C@H](C)CC)cc1. The number of hydrogen-bond acceptors (Lipinski definition) is 6. The lowest BCUT2D eigenvalue weighted by molar-refractivity contribution is -0.122. The Balaban J connectivity index is 1.45. The first-order valence-corrected chi connectivity index (χ1v) is 13.4. The molecule has 1 aliphatic rings. The Morgan fingerprint density at radius 1 is 0.875 bits per heavy atom. The van der Waals surface area contributed by atoms with Gasteiger partial charge in [-0.3, -0.25) is 14.9 Å². The van der Waals surface area contributed by atoms with Crippen LogP contribution in [0.15, 0.2) is 72.3 Å². The van der Waals surface area contributed by atoms with Gasteiger partial charge in [-0.25, -0.2) is 9.69 Å². The fourth-order valence-corrected chi connectivity index (χ4v) is 4.27. The van der Waals surface area contributed by atoms with E-state index >= 15 is 0 Å². The summed E-state index contributed by atoms with van der Waals surface area (Å²) < 4.78 is 17.5. The van der Waals surface area contributed by atoms with E-state index in [0.29, 0.717) is 48.5 Å². The average molecular weight is 543 g/mol. The van der Waals surface area contributed by atoms with E-state index in [1.165, 1.54) is 11.6 Å². The molecule has 0 saturated carbocycles. The van der Waals surface area contributed by atoms with Gasteiger partial charge >= 0.3 is 6.03 Å². The number of barbiturate groups is 1. The van der Waals surface area contributed by atoms with E-state index in [-0.39, 0.29) is 5.57 Å². The second-order valence-corrected chi connectivity index (χ2v) is 9.51. The molecule has 4 rings (SSSR count). The molecule has 1 atom stereocenters. The highest BCUT2D eigenvalue weighted by Crippen LogP contribution is 2.30. The number of aryl methyl sites for hydroxylation is 1. The summed E-state index contributed by atoms with van der Waals surface area (Å²) >= 11 is 0. The topological polar surface area (TPSA) is 94.2 Å². The van der Waals surface area contributed by atoms with Crippen LogP contribution >= 0.6 is 0 Å². The zero-order valence-corrected chi connectivity index (χ0v) is 23.2. The molecule has 0 radical (unpaired) electrons. The molecule has 1 heterocycles. The Morgan fingerprint density at radius 3 is 2.33 bits per heavy atom. The number of benzene rings is 3. The van der Waals surface area contributed by atoms with Crippen LogP contribution in [0.3, 0.4) is 0 Å². The van der Waals surface area contributed by atoms with Crippen molar-refractivity contribution in [3.8, 4) is 17.2 Å². The summed E-state index contributed by atoms with van der Waals surface area (Å²) in [7, 11) is 0. The quantitative estimate of drug-likeness (QED) is 0.181. The molecule has 0 bridgehead atoms. The summed E-state index contributed by atoms with van der Waals surface area (Å²) in [5.41, 5.74) is 2.93. The molecule has 3 aromatic carbocycles. The summed E-state index contributed by atoms with van der Waals surface area (Å²) in [6.07, 6.45) is 2.52. The minimum absolute atomic E-state index is 0.162. The number of anilines is 1. The Kier molecular flexibility index (Phi) is 9.22. The number of urea groups is 1. The van der Waals surface area contributed by atoms with E-state index < -0.39 is 17.8 Å². The van der Waals surface area contributed by atoms with Gasteiger partial charge in [0.15, 0.2) is 11.5 Å². The molecule has 1 N–H and O–H groups in total. The number of carbonyl (C=O) groups excluding carboxylic acids is 3. The van der Waals surface area contributed by atoms with Crippen molar-refractivity contribution < 1.29 is 28.6 Å². The lowest BCUT2D eigenvalue weighted by Gasteiger charge is -2.26. The molecule has 8 nitrogen and oxygen atoms in total. The van der Waals surface area contributed by atoms with Gasteiger partial charge < -0.3 is 14.2 Å². The van der Waals surface area contributed by atoms with E-state index in [4.69, 9.17) is 14.2 Å². The predicted molar refractivity (Wildman–Crippen MR) is 154 cm³/mol. The van der Waals surface area contributed by atoms with Crippen molar-refractivity contribution in [2.45, 2.75) is 40.0 Å². The van der Waals surface area contributed by atoms with Crippen molar-refractivity contribution in [3.63, 3.8) is 0 Å². The summed E-state index contributed by atoms with van der Waals surface area (Å²) in [4.78, 5) is 39.2. The first-order chi connectivity index (χ1) is 19.3. The third-order valence-electron chi connectivity index (χ3n) is 6.61. The van der Waals surface area contributed by atoms with Crippen LogP contribution in [0.25, 0.3) is 6.08 Å². The van der Waals surface area contributed by atoms with Crippen LogP contribution in [0, 0.1) is 6.92 Å². The summed E-state index contributed by atoms with van der Waals surface area (Å²) in [5, 5.41) is 2.25. The molecule has 1 aliphatic heterocycles. The standard InChI is InChI=1S/C32H34N2O6/c1-5-22(4)24-11-13-26(14-12-24)39-16-17-40-28-15-10-23(20-29(28)38-6-2)19-27-30(35)33-32(37)34(31(27)36)25-9-7-8-21(3)18-25/h7-15,18-20,22H,5-6,16-17H2,1-4H3,(H,33,35,37)/b27-19-/t22-/m1/s1. The summed E-state index contributed by atoms with van der Waals surface area (Å²) in [6, 6.07) is 19.4. The maximum atomic E-state index is 13.2. The average Bonchev–Trinajstić information content (AvgIpc) is 2.94. The van der Waals surface area contributed by atoms with Gasteiger partial charge in [0.25, 0.3) is 11.8 Å². The zero-order chi connectivity index (χ0) is 28.6. The normalized spacial score (nSPS) is 15.2. The Morgan fingerprint density at radius 2 is 1.62 bits per heavy atom. The summed E-state index contributed by atoms with van der Waals surface area (Å²) in [5.74, 6) is 0.795. The summed E-state index contributed by atoms with van der Waals surface area (Å²) in [6.45, 7) is 9.10. The van der Waals surface area contributed by atoms with E-state index in [1.54, 1.807) is 36.4 Å². The van der Waals surface area contributed by atoms with Crippen molar-refractivity contribution in [1.29, 1.82) is 0 Å². The van der Waals surface area contributed by atoms with Crippen LogP contribution in [0.4, 0.5) is 10.5 Å². The smallest absolute Gasteiger partial charge is 0.335 e. The number of rotatable bonds is 11. The van der Waals surface area contributed by atoms with Crippen molar-refractivity contribution in [2.75, 3.05) is 24.7 Å². The van der Waals surface area contributed by atoms with Gasteiger partial charge in [-0.05, 0) is 85.4 Å². The Bertz CT molecular complexity index is 1410. The van der Waals surface area contributed by atoms with Crippen LogP contribution in [0.1, 0.15) is 49.8 Å². The van der Waals surface area contributed by atoms with Crippen LogP contribution in [-0.2, 0) is 9.59 Å². The highest BCUT2D eigenvalue weighted by Gasteiger charge is 2.36. The molecule has 1 fully saturated rings. The van der Waals surface area contributed by atoms with E-state index in [1.807, 2.05) is 32.0 Å². The molecule has 40 heavy (non-hydrogen) atoms. The first-order valence-electron chi connectivity index (χ1n) is 13.4. The van der Waals surface area contributed by atoms with Crippen LogP contribution in [0.5, 0.6) is 17.2 Å². The monoisotopic (exact) mass is 542 g/mol. The minimum Gasteiger partial charge on any atom is -0.490 e. The lowest BCUT2D eigenvalue weighted by Crippen LogP contribution is -2.54. The molecule has 8 heteroatoms. The number of nitrogens with zero attached hydrogens (tertiary/aromatic N) is 1. The Hall–Kier alpha value is -4.59. The number of ether oxygens (including phenoxy) is 3. The lowest BCUT2D eigenvalue weighted by atomic mass is 9.99. The molecule has 0 aromatic heterocycles. The number of carbonyl (C=O) groups is 3. The van der Waals surface area contributed by atoms with E-state index in [9.17, 15) is 14.4 Å². The molecule has 4 amide bonds. The van der Waals surface area contributed by atoms with E-state index in [0.717, 1.165) is 22.6 Å². The first kappa shape index (κ1) is 28.4. The number of nitrogens with one attached hydrogen (secondary N) is 1. The van der Waals surface area contributed by atoms with Crippen molar-refractivity contribution >= 4 is 29.6 Å². The zero-order valence-electron chi connectivity index (χ0n) is 23.2. The van der Waals surface area contributed by atoms with Crippen molar-refractivity contribution in [2.24, 2.45) is 0 Å². The van der Waals surface area contributed by atoms with Gasteiger partial charge in [-0.1, -0.05) is 44.2 Å². The number of hydrogen-bond donors (Lipinski definition) is 1. The molecular weight excluding hydrogens is 508 g/mol. The molecule has 0 spiro atoms. The van der Waals surface area contributed by atoms with Crippen LogP contribution in [-0.4, -0.2) is 37.7 Å². The van der Waals surface area contributed by atoms with E-state index in [2.05, 4.69) is 31.3 Å². The molecular formula is C32H34N2O6. The fraction of sp³-hybridized carbons (Fsp3) is 0.281. The van der Waals surface area contributed by atoms with Gasteiger partial charge in [-0.15, -0.1) is 0 Å². The maximum Gasteiger partial charge on any atom is 0.335 e. The number of amides is 4. The Labute approximate surface area is 234 Å². The highest BCUT2D eigenvalue weighted by molar-refractivity contribution is 6.39. The predicted octanol–water partition coefficient (Wildman–Crippen LogP) is 6.03. The largest absolute Gasteiger partial charge is 0.490 e. The van der Waals surface area contributed by atoms with Gasteiger partial charge in [0, 0.05) is 0 Å². The van der Waals surface area contributed by atoms with Gasteiger partial charge in [0.05, 0.1) is 12.3 Å². The van der Waals surface area contributed by atoms with Crippen molar-refractivity contribution in [1.82, 2.24) is 5.32 Å². The van der Waals surface area contributed by atoms with Gasteiger partial charge in [0.2, 0.25) is 0 Å². The van der Waals surface area contributed by atoms with Crippen LogP contribution < -0.4 is 24.4 Å². The molecule has 208 valence electrons. The highest BCUT2D eigenvalue weighted by atomic mass is 16.5. The van der Waals surface area contributed by atoms with Crippen LogP contribution in [0.2, 0.25) is 0 Å². The third kappa shape index (κ3) is 6.69. The van der Waals surface area contributed by atoms with Gasteiger partial charge in [-0.2, -0.15) is 0 Å². The molecule has 3 aromatic rings. The second-order valence-electron chi connectivity index (χ2n) is 9.51. The fourth-order valence-electron chi connectivity index (χ4n) is 4.27. The van der Waals surface area contributed by atoms with Crippen molar-refractivity contribution in [3.05, 3.63) is 89.0 Å². The maximum absolute atomic E-state index is 13.2. The molecule has 0 unspecified atom stereocenters. The molecule has 0 aliphatic carbocycles. The molecule has 1 saturated heterocycles. The third-order valence-corrected chi connectivity index (χ3v) is 6.61. The van der Waals surface area contributed by atoms with Gasteiger partial charge in [0.1, 0.15) is 24.5 Å². The number of imide groups is 2.